The second kappa shape index (κ2) is 4.11. The summed E-state index contributed by atoms with van der Waals surface area (Å²) < 4.78 is 27.2. The predicted molar refractivity (Wildman–Crippen MR) is 59.2 cm³/mol. The second-order valence-electron chi connectivity index (χ2n) is 3.28. The van der Waals surface area contributed by atoms with Crippen LogP contribution in [0.3, 0.4) is 0 Å². The van der Waals surface area contributed by atoms with Crippen LogP contribution in [0.1, 0.15) is 6.42 Å². The Morgan fingerprint density at radius 2 is 2.00 bits per heavy atom. The monoisotopic (exact) mass is 241 g/mol. The molecule has 1 aliphatic rings. The smallest absolute Gasteiger partial charge is 0.284 e. The van der Waals surface area contributed by atoms with Crippen molar-refractivity contribution in [2.24, 2.45) is 4.40 Å². The van der Waals surface area contributed by atoms with E-state index in [0.717, 1.165) is 0 Å². The quantitative estimate of drug-likeness (QED) is 0.725. The summed E-state index contributed by atoms with van der Waals surface area (Å²) in [6, 6.07) is 5.88. The molecule has 1 saturated heterocycles. The first-order valence-corrected chi connectivity index (χ1v) is 6.09. The van der Waals surface area contributed by atoms with Gasteiger partial charge < -0.3 is 5.73 Å². The highest BCUT2D eigenvalue weighted by Gasteiger charge is 2.16. The van der Waals surface area contributed by atoms with Gasteiger partial charge >= 0.3 is 0 Å². The lowest BCUT2D eigenvalue weighted by Crippen LogP contribution is -2.15. The van der Waals surface area contributed by atoms with Crippen molar-refractivity contribution >= 4 is 21.5 Å². The molecule has 1 heterocycles. The number of sulfonamides is 1. The Morgan fingerprint density at radius 1 is 1.31 bits per heavy atom. The van der Waals surface area contributed by atoms with Crippen LogP contribution in [0.4, 0.5) is 5.69 Å². The third-order valence-electron chi connectivity index (χ3n) is 2.04. The molecule has 7 heteroatoms. The minimum atomic E-state index is -3.67. The molecule has 1 aromatic rings. The molecule has 1 aliphatic heterocycles. The lowest BCUT2D eigenvalue weighted by atomic mass is 10.3. The number of hydroxylamine groups is 1. The Balaban J connectivity index is 2.31. The summed E-state index contributed by atoms with van der Waals surface area (Å²) in [4.78, 5) is 4.91. The van der Waals surface area contributed by atoms with Gasteiger partial charge in [-0.15, -0.1) is 4.40 Å². The van der Waals surface area contributed by atoms with Gasteiger partial charge in [0.1, 0.15) is 5.84 Å². The third-order valence-corrected chi connectivity index (χ3v) is 3.37. The minimum absolute atomic E-state index is 0.114. The first-order valence-electron chi connectivity index (χ1n) is 4.65. The lowest BCUT2D eigenvalue weighted by molar-refractivity contribution is 0.122. The van der Waals surface area contributed by atoms with Crippen molar-refractivity contribution in [1.82, 2.24) is 5.48 Å². The Morgan fingerprint density at radius 3 is 2.56 bits per heavy atom. The van der Waals surface area contributed by atoms with Crippen LogP contribution in [0.5, 0.6) is 0 Å². The van der Waals surface area contributed by atoms with E-state index in [-0.39, 0.29) is 4.90 Å². The molecule has 1 fully saturated rings. The average molecular weight is 241 g/mol. The van der Waals surface area contributed by atoms with Crippen molar-refractivity contribution in [3.8, 4) is 0 Å². The Bertz CT molecular complexity index is 499. The molecule has 0 aliphatic carbocycles. The number of rotatable bonds is 2. The number of benzene rings is 1. The molecule has 0 radical (unpaired) electrons. The molecule has 6 nitrogen and oxygen atoms in total. The van der Waals surface area contributed by atoms with E-state index in [4.69, 9.17) is 10.6 Å². The molecular formula is C9H11N3O3S. The molecule has 0 spiro atoms. The maximum Gasteiger partial charge on any atom is 0.284 e. The second-order valence-corrected chi connectivity index (χ2v) is 4.89. The first kappa shape index (κ1) is 10.9. The van der Waals surface area contributed by atoms with Gasteiger partial charge in [-0.05, 0) is 24.3 Å². The summed E-state index contributed by atoms with van der Waals surface area (Å²) in [5.74, 6) is 0.317. The molecule has 3 N–H and O–H groups in total. The third kappa shape index (κ3) is 2.31. The van der Waals surface area contributed by atoms with Gasteiger partial charge in [-0.2, -0.15) is 8.42 Å². The van der Waals surface area contributed by atoms with Crippen molar-refractivity contribution in [2.75, 3.05) is 12.3 Å². The average Bonchev–Trinajstić information content (AvgIpc) is 2.70. The highest BCUT2D eigenvalue weighted by Crippen LogP contribution is 2.15. The van der Waals surface area contributed by atoms with Crippen LogP contribution in [0, 0.1) is 0 Å². The van der Waals surface area contributed by atoms with Crippen molar-refractivity contribution in [3.05, 3.63) is 24.3 Å². The summed E-state index contributed by atoms with van der Waals surface area (Å²) in [6.45, 7) is 0.427. The molecular weight excluding hydrogens is 230 g/mol. The number of anilines is 1. The topological polar surface area (TPSA) is 93.8 Å². The number of nitrogen functional groups attached to an aromatic ring is 1. The fourth-order valence-electron chi connectivity index (χ4n) is 1.23. The van der Waals surface area contributed by atoms with Crippen molar-refractivity contribution in [1.29, 1.82) is 0 Å². The van der Waals surface area contributed by atoms with Crippen molar-refractivity contribution < 1.29 is 13.3 Å². The molecule has 0 aromatic heterocycles. The number of hydrogen-bond acceptors (Lipinski definition) is 4. The van der Waals surface area contributed by atoms with Gasteiger partial charge in [0.15, 0.2) is 0 Å². The van der Waals surface area contributed by atoms with Gasteiger partial charge in [0.05, 0.1) is 11.5 Å². The molecule has 1 aromatic carbocycles. The lowest BCUT2D eigenvalue weighted by Gasteiger charge is -2.00. The number of amidine groups is 1. The van der Waals surface area contributed by atoms with E-state index in [2.05, 4.69) is 9.88 Å². The molecule has 2 rings (SSSR count). The van der Waals surface area contributed by atoms with Crippen LogP contribution < -0.4 is 11.2 Å². The number of nitrogens with two attached hydrogens (primary N) is 1. The first-order chi connectivity index (χ1) is 7.58. The van der Waals surface area contributed by atoms with Crippen molar-refractivity contribution in [3.63, 3.8) is 0 Å². The van der Waals surface area contributed by atoms with Crippen LogP contribution in [0.25, 0.3) is 0 Å². The fourth-order valence-corrected chi connectivity index (χ4v) is 2.24. The zero-order valence-corrected chi connectivity index (χ0v) is 9.20. The summed E-state index contributed by atoms with van der Waals surface area (Å²) >= 11 is 0. The predicted octanol–water partition coefficient (Wildman–Crippen LogP) is 0.281. The summed E-state index contributed by atoms with van der Waals surface area (Å²) in [6.07, 6.45) is 0.466. The van der Waals surface area contributed by atoms with E-state index in [9.17, 15) is 8.42 Å². The van der Waals surface area contributed by atoms with E-state index in [1.807, 2.05) is 0 Å². The number of nitrogens with zero attached hydrogens (tertiary/aromatic N) is 1. The van der Waals surface area contributed by atoms with E-state index in [0.29, 0.717) is 24.6 Å². The Hall–Kier alpha value is -1.60. The molecule has 0 atom stereocenters. The van der Waals surface area contributed by atoms with Gasteiger partial charge in [0, 0.05) is 12.1 Å². The van der Waals surface area contributed by atoms with E-state index < -0.39 is 10.0 Å². The van der Waals surface area contributed by atoms with E-state index in [1.54, 1.807) is 0 Å². The van der Waals surface area contributed by atoms with Crippen LogP contribution in [0.2, 0.25) is 0 Å². The SMILES string of the molecule is Nc1ccc(S(=O)(=O)/N=C2\CCON2)cc1. The summed E-state index contributed by atoms with van der Waals surface area (Å²) in [5, 5.41) is 0. The molecule has 16 heavy (non-hydrogen) atoms. The highest BCUT2D eigenvalue weighted by molar-refractivity contribution is 7.90. The van der Waals surface area contributed by atoms with Gasteiger partial charge in [0.2, 0.25) is 0 Å². The van der Waals surface area contributed by atoms with Crippen LogP contribution in [-0.2, 0) is 14.9 Å². The van der Waals surface area contributed by atoms with Crippen LogP contribution >= 0.6 is 0 Å². The molecule has 86 valence electrons. The maximum atomic E-state index is 11.8. The van der Waals surface area contributed by atoms with E-state index in [1.165, 1.54) is 24.3 Å². The summed E-state index contributed by atoms with van der Waals surface area (Å²) in [5.41, 5.74) is 8.42. The molecule has 0 saturated carbocycles. The number of hydrogen-bond donors (Lipinski definition) is 2. The normalized spacial score (nSPS) is 18.6. The zero-order valence-electron chi connectivity index (χ0n) is 8.38. The molecule has 0 amide bonds. The van der Waals surface area contributed by atoms with Crippen LogP contribution in [-0.4, -0.2) is 20.9 Å². The largest absolute Gasteiger partial charge is 0.399 e. The van der Waals surface area contributed by atoms with Gasteiger partial charge in [-0.1, -0.05) is 0 Å². The fraction of sp³-hybridized carbons (Fsp3) is 0.222. The van der Waals surface area contributed by atoms with Gasteiger partial charge in [0.25, 0.3) is 10.0 Å². The maximum absolute atomic E-state index is 11.8. The standard InChI is InChI=1S/C9H11N3O3S/c10-7-1-3-8(4-2-7)16(13,14)12-9-5-6-15-11-9/h1-4H,5-6,10H2,(H,11,12). The Kier molecular flexibility index (Phi) is 2.80. The minimum Gasteiger partial charge on any atom is -0.399 e. The van der Waals surface area contributed by atoms with Crippen molar-refractivity contribution in [2.45, 2.75) is 11.3 Å². The van der Waals surface area contributed by atoms with Gasteiger partial charge in [-0.25, -0.2) is 0 Å². The highest BCUT2D eigenvalue weighted by atomic mass is 32.2. The number of nitrogens with one attached hydrogen (secondary N) is 1. The molecule has 0 bridgehead atoms. The Labute approximate surface area is 93.1 Å². The molecule has 0 unspecified atom stereocenters. The van der Waals surface area contributed by atoms with Crippen LogP contribution in [0.15, 0.2) is 33.6 Å². The zero-order chi connectivity index (χ0) is 11.6. The summed E-state index contributed by atoms with van der Waals surface area (Å²) in [7, 11) is -3.67. The van der Waals surface area contributed by atoms with E-state index >= 15 is 0 Å². The van der Waals surface area contributed by atoms with Gasteiger partial charge in [-0.3, -0.25) is 10.3 Å².